The molecule has 1 N–H and O–H groups in total. The average Bonchev–Trinajstić information content (AvgIpc) is 3.02. The fourth-order valence-corrected chi connectivity index (χ4v) is 4.27. The summed E-state index contributed by atoms with van der Waals surface area (Å²) in [6.45, 7) is 1.31. The summed E-state index contributed by atoms with van der Waals surface area (Å²) in [6, 6.07) is 9.08. The minimum atomic E-state index is -1.63. The second kappa shape index (κ2) is 20.7. The quantitative estimate of drug-likeness (QED) is 0.0635. The Kier molecular flexibility index (Phi) is 17.3. The molecule has 0 fully saturated rings. The Bertz CT molecular complexity index is 1040. The highest BCUT2D eigenvalue weighted by Crippen LogP contribution is 2.46. The average molecular weight is 610 g/mol. The molecule has 1 amide bonds. The van der Waals surface area contributed by atoms with Gasteiger partial charge in [-0.1, -0.05) is 36.4 Å². The van der Waals surface area contributed by atoms with Gasteiger partial charge in [0.2, 0.25) is 5.91 Å². The predicted molar refractivity (Wildman–Crippen MR) is 153 cm³/mol. The molecule has 0 bridgehead atoms. The van der Waals surface area contributed by atoms with Gasteiger partial charge in [0.15, 0.2) is 6.79 Å². The lowest BCUT2D eigenvalue weighted by Crippen LogP contribution is -2.40. The molecule has 2 unspecified atom stereocenters. The van der Waals surface area contributed by atoms with Crippen molar-refractivity contribution in [2.75, 3.05) is 88.4 Å². The standard InChI is InChI=1S/C30H43NO12/c1-35-10-13-39-20-31-25(33)18-30(19-32)17-24(16-26(34)38-4)28(42-21-40-14-11-36-2)27(23-8-6-5-7-9-23)29(30)43-22-41-15-12-37-3/h5-9,17,19,28H,10-16,18,20-22H2,1-4H3,(H,31,33). The molecule has 0 aromatic heterocycles. The van der Waals surface area contributed by atoms with Crippen LogP contribution in [-0.4, -0.2) is 113 Å². The number of ether oxygens (including phenoxy) is 9. The fourth-order valence-electron chi connectivity index (χ4n) is 4.27. The molecule has 0 aliphatic heterocycles. The Hall–Kier alpha value is -3.17. The molecule has 43 heavy (non-hydrogen) atoms. The zero-order valence-electron chi connectivity index (χ0n) is 25.3. The van der Waals surface area contributed by atoms with Gasteiger partial charge < -0.3 is 52.7 Å². The Morgan fingerprint density at radius 3 is 2.09 bits per heavy atom. The van der Waals surface area contributed by atoms with Gasteiger partial charge in [0.1, 0.15) is 37.1 Å². The number of carbonyl (C=O) groups is 3. The molecule has 13 heteroatoms. The lowest BCUT2D eigenvalue weighted by molar-refractivity contribution is -0.140. The Balaban J connectivity index is 2.60. The van der Waals surface area contributed by atoms with Crippen LogP contribution in [0.15, 0.2) is 47.7 Å². The van der Waals surface area contributed by atoms with Crippen LogP contribution < -0.4 is 5.32 Å². The van der Waals surface area contributed by atoms with Gasteiger partial charge in [-0.2, -0.15) is 0 Å². The number of benzene rings is 1. The predicted octanol–water partition coefficient (Wildman–Crippen LogP) is 1.86. The molecule has 0 radical (unpaired) electrons. The second-order valence-corrected chi connectivity index (χ2v) is 9.29. The van der Waals surface area contributed by atoms with Crippen molar-refractivity contribution in [2.24, 2.45) is 5.41 Å². The smallest absolute Gasteiger partial charge is 0.309 e. The Labute approximate surface area is 252 Å². The number of nitrogens with one attached hydrogen (secondary N) is 1. The van der Waals surface area contributed by atoms with E-state index in [1.807, 2.05) is 30.3 Å². The van der Waals surface area contributed by atoms with E-state index < -0.39 is 23.4 Å². The van der Waals surface area contributed by atoms with Crippen LogP contribution in [0.4, 0.5) is 0 Å². The summed E-state index contributed by atoms with van der Waals surface area (Å²) in [5.41, 5.74) is -0.165. The largest absolute Gasteiger partial charge is 0.470 e. The Morgan fingerprint density at radius 2 is 1.49 bits per heavy atom. The number of allylic oxidation sites excluding steroid dienone is 1. The summed E-state index contributed by atoms with van der Waals surface area (Å²) < 4.78 is 48.8. The third kappa shape index (κ3) is 11.8. The SMILES string of the molecule is COCCOCNC(=O)CC1(C=O)C=C(CC(=O)OC)C(OCOCCOC)C(c2ccccc2)=C1OCOCCOC. The second-order valence-electron chi connectivity index (χ2n) is 9.29. The van der Waals surface area contributed by atoms with Crippen LogP contribution in [0.1, 0.15) is 18.4 Å². The number of rotatable bonds is 23. The van der Waals surface area contributed by atoms with Crippen LogP contribution in [0.25, 0.3) is 5.57 Å². The first kappa shape index (κ1) is 36.0. The zero-order valence-corrected chi connectivity index (χ0v) is 25.3. The van der Waals surface area contributed by atoms with Crippen LogP contribution in [0.2, 0.25) is 0 Å². The maximum absolute atomic E-state index is 13.2. The molecular formula is C30H43NO12. The lowest BCUT2D eigenvalue weighted by Gasteiger charge is -2.38. The molecule has 0 saturated carbocycles. The van der Waals surface area contributed by atoms with E-state index in [1.54, 1.807) is 14.2 Å². The van der Waals surface area contributed by atoms with Gasteiger partial charge in [0, 0.05) is 33.3 Å². The minimum absolute atomic E-state index is 0.0913. The summed E-state index contributed by atoms with van der Waals surface area (Å²) in [7, 11) is 5.90. The first-order valence-corrected chi connectivity index (χ1v) is 13.7. The van der Waals surface area contributed by atoms with Gasteiger partial charge in [-0.05, 0) is 11.1 Å². The van der Waals surface area contributed by atoms with Crippen LogP contribution >= 0.6 is 0 Å². The van der Waals surface area contributed by atoms with Gasteiger partial charge in [0.25, 0.3) is 0 Å². The fraction of sp³-hybridized carbons (Fsp3) is 0.567. The Morgan fingerprint density at radius 1 is 0.860 bits per heavy atom. The van der Waals surface area contributed by atoms with Crippen LogP contribution in [0, 0.1) is 5.41 Å². The highest BCUT2D eigenvalue weighted by atomic mass is 16.7. The molecule has 2 atom stereocenters. The van der Waals surface area contributed by atoms with Crippen molar-refractivity contribution in [3.63, 3.8) is 0 Å². The van der Waals surface area contributed by atoms with Gasteiger partial charge in [0.05, 0.1) is 53.2 Å². The summed E-state index contributed by atoms with van der Waals surface area (Å²) >= 11 is 0. The minimum Gasteiger partial charge on any atom is -0.470 e. The van der Waals surface area contributed by atoms with E-state index in [4.69, 9.17) is 42.6 Å². The first-order valence-electron chi connectivity index (χ1n) is 13.7. The molecule has 0 saturated heterocycles. The van der Waals surface area contributed by atoms with E-state index in [0.29, 0.717) is 42.8 Å². The molecule has 0 heterocycles. The van der Waals surface area contributed by atoms with Crippen molar-refractivity contribution in [1.29, 1.82) is 0 Å². The number of amides is 1. The van der Waals surface area contributed by atoms with Crippen molar-refractivity contribution >= 4 is 23.7 Å². The number of esters is 1. The summed E-state index contributed by atoms with van der Waals surface area (Å²) in [6.07, 6.45) is 0.680. The number of carbonyl (C=O) groups excluding carboxylic acids is 3. The molecule has 1 aliphatic carbocycles. The third-order valence-corrected chi connectivity index (χ3v) is 6.31. The van der Waals surface area contributed by atoms with Gasteiger partial charge in [-0.15, -0.1) is 0 Å². The first-order chi connectivity index (χ1) is 21.0. The number of aldehydes is 1. The van der Waals surface area contributed by atoms with E-state index in [2.05, 4.69) is 5.32 Å². The van der Waals surface area contributed by atoms with Crippen molar-refractivity contribution < 1.29 is 57.0 Å². The van der Waals surface area contributed by atoms with Gasteiger partial charge >= 0.3 is 5.97 Å². The summed E-state index contributed by atoms with van der Waals surface area (Å²) in [5, 5.41) is 2.65. The topological polar surface area (TPSA) is 146 Å². The molecular weight excluding hydrogens is 566 g/mol. The van der Waals surface area contributed by atoms with E-state index >= 15 is 0 Å². The van der Waals surface area contributed by atoms with E-state index in [1.165, 1.54) is 20.3 Å². The molecule has 240 valence electrons. The molecule has 1 aromatic rings. The van der Waals surface area contributed by atoms with Crippen molar-refractivity contribution in [3.05, 3.63) is 53.3 Å². The molecule has 13 nitrogen and oxygen atoms in total. The molecule has 0 spiro atoms. The van der Waals surface area contributed by atoms with Crippen LogP contribution in [0.5, 0.6) is 0 Å². The normalized spacial score (nSPS) is 18.2. The number of hydrogen-bond donors (Lipinski definition) is 1. The number of methoxy groups -OCH3 is 4. The van der Waals surface area contributed by atoms with E-state index in [9.17, 15) is 14.4 Å². The molecule has 1 aliphatic rings. The maximum atomic E-state index is 13.2. The van der Waals surface area contributed by atoms with Crippen molar-refractivity contribution in [1.82, 2.24) is 5.32 Å². The summed E-state index contributed by atoms with van der Waals surface area (Å²) in [5.74, 6) is -0.915. The van der Waals surface area contributed by atoms with Crippen LogP contribution in [0.3, 0.4) is 0 Å². The van der Waals surface area contributed by atoms with Crippen LogP contribution in [-0.2, 0) is 57.0 Å². The lowest BCUT2D eigenvalue weighted by atomic mass is 9.72. The molecule has 1 aromatic carbocycles. The van der Waals surface area contributed by atoms with Gasteiger partial charge in [-0.25, -0.2) is 0 Å². The monoisotopic (exact) mass is 609 g/mol. The number of hydrogen-bond acceptors (Lipinski definition) is 12. The highest BCUT2D eigenvalue weighted by Gasteiger charge is 2.46. The highest BCUT2D eigenvalue weighted by molar-refractivity contribution is 5.90. The summed E-state index contributed by atoms with van der Waals surface area (Å²) in [4.78, 5) is 38.8. The maximum Gasteiger partial charge on any atom is 0.309 e. The molecule has 2 rings (SSSR count). The third-order valence-electron chi connectivity index (χ3n) is 6.31. The van der Waals surface area contributed by atoms with Gasteiger partial charge in [-0.3, -0.25) is 9.59 Å². The van der Waals surface area contributed by atoms with E-state index in [-0.39, 0.29) is 58.7 Å². The van der Waals surface area contributed by atoms with Crippen molar-refractivity contribution in [3.8, 4) is 0 Å². The zero-order chi connectivity index (χ0) is 31.3. The van der Waals surface area contributed by atoms with E-state index in [0.717, 1.165) is 0 Å². The van der Waals surface area contributed by atoms with Crippen molar-refractivity contribution in [2.45, 2.75) is 18.9 Å².